The van der Waals surface area contributed by atoms with Gasteiger partial charge in [-0.05, 0) is 31.2 Å². The molecule has 0 aliphatic heterocycles. The predicted molar refractivity (Wildman–Crippen MR) is 92.3 cm³/mol. The molecule has 0 aliphatic rings. The number of aryl methyl sites for hydroxylation is 1. The van der Waals surface area contributed by atoms with Crippen molar-refractivity contribution < 1.29 is 9.13 Å². The largest absolute Gasteiger partial charge is 0.487 e. The molecule has 0 bridgehead atoms. The number of anilines is 2. The Morgan fingerprint density at radius 3 is 2.74 bits per heavy atom. The van der Waals surface area contributed by atoms with Gasteiger partial charge in [-0.1, -0.05) is 29.3 Å². The fourth-order valence-corrected chi connectivity index (χ4v) is 2.80. The summed E-state index contributed by atoms with van der Waals surface area (Å²) in [6.07, 6.45) is 0. The molecule has 1 aromatic heterocycles. The number of rotatable bonds is 5. The molecular weight excluding hydrogens is 335 g/mol. The summed E-state index contributed by atoms with van der Waals surface area (Å²) < 4.78 is 18.7. The molecule has 0 saturated carbocycles. The Bertz CT molecular complexity index is 805. The Kier molecular flexibility index (Phi) is 4.79. The van der Waals surface area contributed by atoms with Crippen LogP contribution >= 0.6 is 22.9 Å². The van der Waals surface area contributed by atoms with Crippen molar-refractivity contribution in [3.8, 4) is 5.75 Å². The third-order valence-electron chi connectivity index (χ3n) is 3.13. The first-order chi connectivity index (χ1) is 11.1. The molecule has 6 heteroatoms. The first-order valence-corrected chi connectivity index (χ1v) is 8.22. The fourth-order valence-electron chi connectivity index (χ4n) is 1.91. The van der Waals surface area contributed by atoms with Crippen molar-refractivity contribution in [2.75, 3.05) is 5.32 Å². The maximum Gasteiger partial charge on any atom is 0.187 e. The normalized spacial score (nSPS) is 10.6. The van der Waals surface area contributed by atoms with Crippen molar-refractivity contribution in [2.24, 2.45) is 0 Å². The van der Waals surface area contributed by atoms with E-state index >= 15 is 0 Å². The third kappa shape index (κ3) is 4.21. The summed E-state index contributed by atoms with van der Waals surface area (Å²) in [6.45, 7) is 2.35. The summed E-state index contributed by atoms with van der Waals surface area (Å²) in [4.78, 5) is 4.46. The van der Waals surface area contributed by atoms with Crippen molar-refractivity contribution in [2.45, 2.75) is 13.5 Å². The Hall–Kier alpha value is -2.11. The van der Waals surface area contributed by atoms with E-state index in [-0.39, 0.29) is 5.02 Å². The van der Waals surface area contributed by atoms with E-state index in [4.69, 9.17) is 16.3 Å². The van der Waals surface area contributed by atoms with Gasteiger partial charge in [-0.3, -0.25) is 0 Å². The SMILES string of the molecule is Cc1ccc(Nc2nc(COc3ccc(F)c(Cl)c3)cs2)cc1. The first-order valence-electron chi connectivity index (χ1n) is 6.96. The van der Waals surface area contributed by atoms with Crippen molar-refractivity contribution in [1.82, 2.24) is 4.98 Å². The second kappa shape index (κ2) is 6.98. The molecule has 118 valence electrons. The van der Waals surface area contributed by atoms with Gasteiger partial charge in [-0.15, -0.1) is 11.3 Å². The smallest absolute Gasteiger partial charge is 0.187 e. The Morgan fingerprint density at radius 2 is 2.00 bits per heavy atom. The maximum absolute atomic E-state index is 13.1. The summed E-state index contributed by atoms with van der Waals surface area (Å²) >= 11 is 7.22. The summed E-state index contributed by atoms with van der Waals surface area (Å²) in [6, 6.07) is 12.4. The van der Waals surface area contributed by atoms with E-state index in [9.17, 15) is 4.39 Å². The lowest BCUT2D eigenvalue weighted by Gasteiger charge is -2.05. The number of halogens is 2. The zero-order chi connectivity index (χ0) is 16.2. The molecule has 1 N–H and O–H groups in total. The van der Waals surface area contributed by atoms with Gasteiger partial charge in [0.15, 0.2) is 5.13 Å². The lowest BCUT2D eigenvalue weighted by molar-refractivity contribution is 0.302. The highest BCUT2D eigenvalue weighted by molar-refractivity contribution is 7.13. The summed E-state index contributed by atoms with van der Waals surface area (Å²) in [5.74, 6) is 0.0507. The molecule has 3 nitrogen and oxygen atoms in total. The quantitative estimate of drug-likeness (QED) is 0.654. The second-order valence-electron chi connectivity index (χ2n) is 5.00. The molecule has 0 aliphatic carbocycles. The van der Waals surface area contributed by atoms with Crippen molar-refractivity contribution >= 4 is 33.8 Å². The van der Waals surface area contributed by atoms with E-state index in [1.54, 1.807) is 6.07 Å². The van der Waals surface area contributed by atoms with E-state index in [1.165, 1.54) is 29.0 Å². The van der Waals surface area contributed by atoms with Gasteiger partial charge in [0.25, 0.3) is 0 Å². The Labute approximate surface area is 142 Å². The topological polar surface area (TPSA) is 34.2 Å². The monoisotopic (exact) mass is 348 g/mol. The fraction of sp³-hybridized carbons (Fsp3) is 0.118. The van der Waals surface area contributed by atoms with Crippen LogP contribution in [0.2, 0.25) is 5.02 Å². The molecule has 3 rings (SSSR count). The maximum atomic E-state index is 13.1. The van der Waals surface area contributed by atoms with Crippen LogP contribution in [0.1, 0.15) is 11.3 Å². The zero-order valence-corrected chi connectivity index (χ0v) is 13.9. The van der Waals surface area contributed by atoms with Gasteiger partial charge >= 0.3 is 0 Å². The van der Waals surface area contributed by atoms with Gasteiger partial charge in [0.2, 0.25) is 0 Å². The van der Waals surface area contributed by atoms with Crippen LogP contribution in [0.5, 0.6) is 5.75 Å². The molecule has 23 heavy (non-hydrogen) atoms. The van der Waals surface area contributed by atoms with Crippen LogP contribution in [0.4, 0.5) is 15.2 Å². The molecule has 2 aromatic carbocycles. The zero-order valence-electron chi connectivity index (χ0n) is 12.3. The van der Waals surface area contributed by atoms with Gasteiger partial charge in [-0.2, -0.15) is 0 Å². The lowest BCUT2D eigenvalue weighted by Crippen LogP contribution is -1.97. The average Bonchev–Trinajstić information content (AvgIpc) is 2.98. The molecule has 1 heterocycles. The molecule has 0 unspecified atom stereocenters. The Morgan fingerprint density at radius 1 is 1.22 bits per heavy atom. The average molecular weight is 349 g/mol. The minimum absolute atomic E-state index is 0.0440. The van der Waals surface area contributed by atoms with Crippen LogP contribution in [0, 0.1) is 12.7 Å². The van der Waals surface area contributed by atoms with Crippen LogP contribution in [0.15, 0.2) is 47.8 Å². The molecule has 0 fully saturated rings. The number of aromatic nitrogens is 1. The number of hydrogen-bond acceptors (Lipinski definition) is 4. The summed E-state index contributed by atoms with van der Waals surface area (Å²) in [5.41, 5.74) is 2.99. The number of nitrogens with one attached hydrogen (secondary N) is 1. The van der Waals surface area contributed by atoms with E-state index in [0.29, 0.717) is 12.4 Å². The van der Waals surface area contributed by atoms with E-state index in [2.05, 4.69) is 10.3 Å². The summed E-state index contributed by atoms with van der Waals surface area (Å²) in [7, 11) is 0. The number of benzene rings is 2. The van der Waals surface area contributed by atoms with E-state index < -0.39 is 5.82 Å². The highest BCUT2D eigenvalue weighted by atomic mass is 35.5. The van der Waals surface area contributed by atoms with Crippen LogP contribution in [-0.4, -0.2) is 4.98 Å². The highest BCUT2D eigenvalue weighted by Crippen LogP contribution is 2.24. The van der Waals surface area contributed by atoms with Crippen LogP contribution in [-0.2, 0) is 6.61 Å². The van der Waals surface area contributed by atoms with Crippen molar-refractivity contribution in [3.05, 3.63) is 69.9 Å². The molecule has 0 amide bonds. The molecule has 0 radical (unpaired) electrons. The standard InChI is InChI=1S/C17H14ClFN2OS/c1-11-2-4-12(5-3-11)20-17-21-13(10-23-17)9-22-14-6-7-16(19)15(18)8-14/h2-8,10H,9H2,1H3,(H,20,21). The van der Waals surface area contributed by atoms with Crippen molar-refractivity contribution in [1.29, 1.82) is 0 Å². The number of hydrogen-bond donors (Lipinski definition) is 1. The van der Waals surface area contributed by atoms with Gasteiger partial charge in [0.05, 0.1) is 10.7 Å². The van der Waals surface area contributed by atoms with Gasteiger partial charge in [-0.25, -0.2) is 9.37 Å². The molecule has 0 saturated heterocycles. The van der Waals surface area contributed by atoms with E-state index in [1.807, 2.05) is 36.6 Å². The van der Waals surface area contributed by atoms with Crippen LogP contribution in [0.3, 0.4) is 0 Å². The molecule has 0 spiro atoms. The second-order valence-corrected chi connectivity index (χ2v) is 6.26. The van der Waals surface area contributed by atoms with E-state index in [0.717, 1.165) is 16.5 Å². The number of ether oxygens (including phenoxy) is 1. The molecule has 3 aromatic rings. The van der Waals surface area contributed by atoms with Gasteiger partial charge < -0.3 is 10.1 Å². The minimum atomic E-state index is -0.461. The summed E-state index contributed by atoms with van der Waals surface area (Å²) in [5, 5.41) is 6.01. The molecule has 0 atom stereocenters. The van der Waals surface area contributed by atoms with Crippen LogP contribution < -0.4 is 10.1 Å². The van der Waals surface area contributed by atoms with Crippen molar-refractivity contribution in [3.63, 3.8) is 0 Å². The molecular formula is C17H14ClFN2OS. The lowest BCUT2D eigenvalue weighted by atomic mass is 10.2. The first kappa shape index (κ1) is 15.8. The number of nitrogens with zero attached hydrogens (tertiary/aromatic N) is 1. The minimum Gasteiger partial charge on any atom is -0.487 e. The number of thiazole rings is 1. The predicted octanol–water partition coefficient (Wildman–Crippen LogP) is 5.57. The Balaban J connectivity index is 1.60. The van der Waals surface area contributed by atoms with Gasteiger partial charge in [0.1, 0.15) is 18.2 Å². The van der Waals surface area contributed by atoms with Crippen LogP contribution in [0.25, 0.3) is 0 Å². The van der Waals surface area contributed by atoms with Gasteiger partial charge in [0, 0.05) is 17.1 Å². The highest BCUT2D eigenvalue weighted by Gasteiger charge is 2.05. The third-order valence-corrected chi connectivity index (χ3v) is 4.23.